The number of hydrogen-bond donors (Lipinski definition) is 2. The zero-order chi connectivity index (χ0) is 25.3. The Kier molecular flexibility index (Phi) is 9.11. The largest absolute Gasteiger partial charge is 0.496 e. The number of carbonyl (C=O) groups excluding carboxylic acids is 3. The number of ether oxygens (including phenoxy) is 5. The first-order chi connectivity index (χ1) is 16.1. The van der Waals surface area contributed by atoms with E-state index in [1.807, 2.05) is 0 Å². The number of methoxy groups -OCH3 is 3. The molecule has 0 aliphatic carbocycles. The van der Waals surface area contributed by atoms with Crippen LogP contribution in [0.5, 0.6) is 17.2 Å². The molecule has 0 aliphatic heterocycles. The Morgan fingerprint density at radius 3 is 2.00 bits per heavy atom. The summed E-state index contributed by atoms with van der Waals surface area (Å²) in [5, 5.41) is 5.23. The Hall–Kier alpha value is -3.95. The van der Waals surface area contributed by atoms with E-state index in [9.17, 15) is 14.4 Å². The van der Waals surface area contributed by atoms with E-state index < -0.39 is 30.2 Å². The molecule has 0 unspecified atom stereocenters. The van der Waals surface area contributed by atoms with Crippen molar-refractivity contribution in [2.75, 3.05) is 33.3 Å². The molecule has 0 aromatic heterocycles. The Morgan fingerprint density at radius 2 is 1.44 bits per heavy atom. The highest BCUT2D eigenvalue weighted by Crippen LogP contribution is 2.34. The van der Waals surface area contributed by atoms with Crippen LogP contribution < -0.4 is 24.8 Å². The van der Waals surface area contributed by atoms with Crippen LogP contribution in [0.2, 0.25) is 0 Å². The normalized spacial score (nSPS) is 10.6. The molecule has 0 aliphatic rings. The third-order valence-corrected chi connectivity index (χ3v) is 4.36. The van der Waals surface area contributed by atoms with Gasteiger partial charge in [0.1, 0.15) is 11.4 Å². The monoisotopic (exact) mass is 474 g/mol. The van der Waals surface area contributed by atoms with Gasteiger partial charge in [-0.2, -0.15) is 0 Å². The van der Waals surface area contributed by atoms with Crippen molar-refractivity contribution in [2.45, 2.75) is 32.9 Å². The third-order valence-electron chi connectivity index (χ3n) is 4.36. The fourth-order valence-electron chi connectivity index (χ4n) is 2.80. The van der Waals surface area contributed by atoms with Crippen molar-refractivity contribution in [3.05, 3.63) is 47.5 Å². The minimum Gasteiger partial charge on any atom is -0.496 e. The molecule has 184 valence electrons. The zero-order valence-corrected chi connectivity index (χ0v) is 20.1. The van der Waals surface area contributed by atoms with Crippen LogP contribution in [0.4, 0.5) is 10.5 Å². The number of carbonyl (C=O) groups is 3. The molecule has 2 N–H and O–H groups in total. The van der Waals surface area contributed by atoms with E-state index in [1.54, 1.807) is 32.9 Å². The Morgan fingerprint density at radius 1 is 0.853 bits per heavy atom. The maximum atomic E-state index is 12.2. The summed E-state index contributed by atoms with van der Waals surface area (Å²) in [5.41, 5.74) is 0.711. The van der Waals surface area contributed by atoms with Crippen molar-refractivity contribution >= 4 is 23.7 Å². The Bertz CT molecular complexity index is 1010. The summed E-state index contributed by atoms with van der Waals surface area (Å²) in [7, 11) is 4.52. The average molecular weight is 475 g/mol. The number of rotatable bonds is 9. The molecule has 10 nitrogen and oxygen atoms in total. The number of nitrogens with one attached hydrogen (secondary N) is 2. The first-order valence-electron chi connectivity index (χ1n) is 10.4. The molecule has 34 heavy (non-hydrogen) atoms. The highest BCUT2D eigenvalue weighted by molar-refractivity contribution is 5.92. The molecule has 0 bridgehead atoms. The van der Waals surface area contributed by atoms with Gasteiger partial charge in [0.25, 0.3) is 5.91 Å². The van der Waals surface area contributed by atoms with Gasteiger partial charge in [0.15, 0.2) is 18.1 Å². The lowest BCUT2D eigenvalue weighted by molar-refractivity contribution is -0.124. The van der Waals surface area contributed by atoms with Gasteiger partial charge in [-0.3, -0.25) is 10.1 Å². The summed E-state index contributed by atoms with van der Waals surface area (Å²) in [6.07, 6.45) is -0.606. The lowest BCUT2D eigenvalue weighted by atomic mass is 10.1. The molecular formula is C24H30N2O8. The Balaban J connectivity index is 1.87. The van der Waals surface area contributed by atoms with Gasteiger partial charge >= 0.3 is 12.1 Å². The van der Waals surface area contributed by atoms with Gasteiger partial charge in [0.2, 0.25) is 0 Å². The first kappa shape index (κ1) is 26.3. The molecule has 0 saturated heterocycles. The van der Waals surface area contributed by atoms with Gasteiger partial charge in [-0.25, -0.2) is 9.59 Å². The van der Waals surface area contributed by atoms with Crippen molar-refractivity contribution in [2.24, 2.45) is 0 Å². The van der Waals surface area contributed by atoms with Crippen molar-refractivity contribution in [3.63, 3.8) is 0 Å². The molecule has 0 fully saturated rings. The molecule has 0 heterocycles. The van der Waals surface area contributed by atoms with Gasteiger partial charge in [-0.15, -0.1) is 0 Å². The van der Waals surface area contributed by atoms with Crippen LogP contribution in [0.3, 0.4) is 0 Å². The summed E-state index contributed by atoms with van der Waals surface area (Å²) >= 11 is 0. The lowest BCUT2D eigenvalue weighted by Gasteiger charge is -2.19. The van der Waals surface area contributed by atoms with Crippen LogP contribution in [0.1, 0.15) is 36.7 Å². The smallest absolute Gasteiger partial charge is 0.412 e. The van der Waals surface area contributed by atoms with E-state index in [4.69, 9.17) is 23.7 Å². The van der Waals surface area contributed by atoms with Crippen molar-refractivity contribution in [1.29, 1.82) is 0 Å². The topological polar surface area (TPSA) is 121 Å². The molecule has 0 atom stereocenters. The third kappa shape index (κ3) is 7.88. The quantitative estimate of drug-likeness (QED) is 0.530. The highest BCUT2D eigenvalue weighted by Gasteiger charge is 2.17. The van der Waals surface area contributed by atoms with E-state index in [2.05, 4.69) is 10.6 Å². The van der Waals surface area contributed by atoms with Crippen LogP contribution in [-0.4, -0.2) is 51.5 Å². The second-order valence-corrected chi connectivity index (χ2v) is 8.08. The molecule has 2 rings (SSSR count). The van der Waals surface area contributed by atoms with Crippen molar-refractivity contribution < 1.29 is 38.1 Å². The molecule has 2 aromatic rings. The standard InChI is InChI=1S/C24H30N2O8/c1-24(2,3)34-23(29)26-17-9-7-15(8-10-17)22(28)33-14-21(27)25-13-16-11-19(31-5)20(32-6)12-18(16)30-4/h7-12H,13-14H2,1-6H3,(H,25,27)(H,26,29). The first-order valence-corrected chi connectivity index (χ1v) is 10.4. The molecule has 2 aromatic carbocycles. The summed E-state index contributed by atoms with van der Waals surface area (Å²) in [6.45, 7) is 4.93. The minimum atomic E-state index is -0.678. The maximum absolute atomic E-state index is 12.2. The minimum absolute atomic E-state index is 0.130. The molecular weight excluding hydrogens is 444 g/mol. The molecule has 0 radical (unpaired) electrons. The number of benzene rings is 2. The van der Waals surface area contributed by atoms with E-state index in [-0.39, 0.29) is 12.1 Å². The fourth-order valence-corrected chi connectivity index (χ4v) is 2.80. The predicted octanol–water partition coefficient (Wildman–Crippen LogP) is 3.53. The van der Waals surface area contributed by atoms with E-state index in [0.29, 0.717) is 28.5 Å². The number of amides is 2. The summed E-state index contributed by atoms with van der Waals surface area (Å²) < 4.78 is 26.1. The van der Waals surface area contributed by atoms with Gasteiger partial charge in [-0.1, -0.05) is 0 Å². The average Bonchev–Trinajstić information content (AvgIpc) is 2.79. The molecule has 2 amide bonds. The van der Waals surface area contributed by atoms with Gasteiger partial charge in [-0.05, 0) is 51.1 Å². The van der Waals surface area contributed by atoms with Crippen LogP contribution in [0.15, 0.2) is 36.4 Å². The van der Waals surface area contributed by atoms with Gasteiger partial charge < -0.3 is 29.0 Å². The van der Waals surface area contributed by atoms with Crippen LogP contribution in [-0.2, 0) is 20.8 Å². The van der Waals surface area contributed by atoms with E-state index in [1.165, 1.54) is 45.6 Å². The summed E-state index contributed by atoms with van der Waals surface area (Å²) in [4.78, 5) is 36.2. The SMILES string of the molecule is COc1cc(OC)c(OC)cc1CNC(=O)COC(=O)c1ccc(NC(=O)OC(C)(C)C)cc1. The number of hydrogen-bond acceptors (Lipinski definition) is 8. The lowest BCUT2D eigenvalue weighted by Crippen LogP contribution is -2.28. The highest BCUT2D eigenvalue weighted by atomic mass is 16.6. The van der Waals surface area contributed by atoms with Crippen LogP contribution >= 0.6 is 0 Å². The molecule has 0 spiro atoms. The van der Waals surface area contributed by atoms with Crippen LogP contribution in [0.25, 0.3) is 0 Å². The van der Waals surface area contributed by atoms with E-state index in [0.717, 1.165) is 0 Å². The fraction of sp³-hybridized carbons (Fsp3) is 0.375. The summed E-state index contributed by atoms with van der Waals surface area (Å²) in [5.74, 6) is 0.324. The van der Waals surface area contributed by atoms with Crippen LogP contribution in [0, 0.1) is 0 Å². The summed E-state index contributed by atoms with van der Waals surface area (Å²) in [6, 6.07) is 9.36. The van der Waals surface area contributed by atoms with E-state index >= 15 is 0 Å². The van der Waals surface area contributed by atoms with Gasteiger partial charge in [0, 0.05) is 23.9 Å². The second kappa shape index (κ2) is 11.8. The van der Waals surface area contributed by atoms with Crippen molar-refractivity contribution in [3.8, 4) is 17.2 Å². The Labute approximate surface area is 198 Å². The van der Waals surface area contributed by atoms with Crippen molar-refractivity contribution in [1.82, 2.24) is 5.32 Å². The van der Waals surface area contributed by atoms with Gasteiger partial charge in [0.05, 0.1) is 26.9 Å². The maximum Gasteiger partial charge on any atom is 0.412 e. The zero-order valence-electron chi connectivity index (χ0n) is 20.1. The molecule has 10 heteroatoms. The number of esters is 1. The molecule has 0 saturated carbocycles. The number of anilines is 1. The predicted molar refractivity (Wildman–Crippen MR) is 125 cm³/mol. The second-order valence-electron chi connectivity index (χ2n) is 8.08.